The lowest BCUT2D eigenvalue weighted by Gasteiger charge is -2.26. The standard InChI is InChI=1S/C14H20N2O3S/c1-5-8-16(13(17)19-14(2,3)4)10-11(15-18)12-7-6-9-20-12/h5-7,9,18H,1,8,10H2,2-4H3/b15-11+. The first kappa shape index (κ1) is 16.2. The van der Waals surface area contributed by atoms with Gasteiger partial charge in [0.05, 0.1) is 11.4 Å². The molecule has 1 aromatic rings. The largest absolute Gasteiger partial charge is 0.444 e. The number of thiophene rings is 1. The molecule has 0 radical (unpaired) electrons. The van der Waals surface area contributed by atoms with E-state index >= 15 is 0 Å². The first-order valence-electron chi connectivity index (χ1n) is 6.21. The molecule has 1 amide bonds. The summed E-state index contributed by atoms with van der Waals surface area (Å²) in [6.07, 6.45) is 1.14. The Morgan fingerprint density at radius 1 is 1.60 bits per heavy atom. The van der Waals surface area contributed by atoms with Gasteiger partial charge in [-0.1, -0.05) is 17.3 Å². The number of nitrogens with zero attached hydrogens (tertiary/aromatic N) is 2. The molecule has 0 aliphatic rings. The maximum atomic E-state index is 12.1. The van der Waals surface area contributed by atoms with Crippen molar-refractivity contribution >= 4 is 23.1 Å². The predicted octanol–water partition coefficient (Wildman–Crippen LogP) is 3.35. The molecule has 0 aliphatic carbocycles. The number of hydrogen-bond donors (Lipinski definition) is 1. The minimum Gasteiger partial charge on any atom is -0.444 e. The maximum Gasteiger partial charge on any atom is 0.410 e. The smallest absolute Gasteiger partial charge is 0.410 e. The summed E-state index contributed by atoms with van der Waals surface area (Å²) >= 11 is 1.45. The Morgan fingerprint density at radius 3 is 2.75 bits per heavy atom. The molecule has 20 heavy (non-hydrogen) atoms. The van der Waals surface area contributed by atoms with Crippen LogP contribution in [0, 0.1) is 0 Å². The Bertz CT molecular complexity index is 475. The fraction of sp³-hybridized carbons (Fsp3) is 0.429. The van der Waals surface area contributed by atoms with Crippen molar-refractivity contribution in [1.82, 2.24) is 4.90 Å². The van der Waals surface area contributed by atoms with Crippen molar-refractivity contribution in [2.75, 3.05) is 13.1 Å². The molecule has 0 saturated carbocycles. The maximum absolute atomic E-state index is 12.1. The Hall–Kier alpha value is -1.82. The topological polar surface area (TPSA) is 62.1 Å². The number of oxime groups is 1. The van der Waals surface area contributed by atoms with Gasteiger partial charge >= 0.3 is 6.09 Å². The van der Waals surface area contributed by atoms with Crippen molar-refractivity contribution in [2.24, 2.45) is 5.16 Å². The quantitative estimate of drug-likeness (QED) is 0.392. The van der Waals surface area contributed by atoms with Crippen LogP contribution in [0.25, 0.3) is 0 Å². The fourth-order valence-electron chi connectivity index (χ4n) is 1.47. The van der Waals surface area contributed by atoms with E-state index in [1.54, 1.807) is 26.8 Å². The Balaban J connectivity index is 2.81. The minimum absolute atomic E-state index is 0.165. The van der Waals surface area contributed by atoms with E-state index in [4.69, 9.17) is 9.94 Å². The second-order valence-corrected chi connectivity index (χ2v) is 6.12. The minimum atomic E-state index is -0.573. The van der Waals surface area contributed by atoms with Crippen molar-refractivity contribution in [3.63, 3.8) is 0 Å². The Labute approximate surface area is 123 Å². The summed E-state index contributed by atoms with van der Waals surface area (Å²) in [5.41, 5.74) is -0.150. The van der Waals surface area contributed by atoms with E-state index in [1.807, 2.05) is 17.5 Å². The third-order valence-electron chi connectivity index (χ3n) is 2.27. The van der Waals surface area contributed by atoms with E-state index in [2.05, 4.69) is 11.7 Å². The van der Waals surface area contributed by atoms with Crippen LogP contribution in [0.3, 0.4) is 0 Å². The van der Waals surface area contributed by atoms with Gasteiger partial charge in [0.25, 0.3) is 0 Å². The van der Waals surface area contributed by atoms with Crippen LogP contribution in [0.2, 0.25) is 0 Å². The highest BCUT2D eigenvalue weighted by Gasteiger charge is 2.23. The molecule has 0 unspecified atom stereocenters. The number of amides is 1. The molecule has 0 spiro atoms. The van der Waals surface area contributed by atoms with Gasteiger partial charge in [-0.3, -0.25) is 4.90 Å². The Kier molecular flexibility index (Phi) is 5.76. The number of rotatable bonds is 5. The van der Waals surface area contributed by atoms with Crippen LogP contribution in [0.1, 0.15) is 25.6 Å². The summed E-state index contributed by atoms with van der Waals surface area (Å²) in [4.78, 5) is 14.3. The van der Waals surface area contributed by atoms with Gasteiger partial charge in [-0.05, 0) is 32.2 Å². The van der Waals surface area contributed by atoms with E-state index in [1.165, 1.54) is 16.2 Å². The third kappa shape index (κ3) is 5.05. The van der Waals surface area contributed by atoms with E-state index < -0.39 is 11.7 Å². The number of carbonyl (C=O) groups is 1. The molecule has 1 rings (SSSR count). The summed E-state index contributed by atoms with van der Waals surface area (Å²) < 4.78 is 5.32. The highest BCUT2D eigenvalue weighted by atomic mass is 32.1. The molecule has 0 saturated heterocycles. The average Bonchev–Trinajstić information content (AvgIpc) is 2.85. The van der Waals surface area contributed by atoms with Crippen molar-refractivity contribution in [3.05, 3.63) is 35.0 Å². The van der Waals surface area contributed by atoms with Crippen LogP contribution in [-0.4, -0.2) is 40.6 Å². The van der Waals surface area contributed by atoms with E-state index in [0.29, 0.717) is 12.3 Å². The Morgan fingerprint density at radius 2 is 2.30 bits per heavy atom. The van der Waals surface area contributed by atoms with Crippen LogP contribution in [0.5, 0.6) is 0 Å². The molecular weight excluding hydrogens is 276 g/mol. The van der Waals surface area contributed by atoms with E-state index in [-0.39, 0.29) is 6.54 Å². The zero-order chi connectivity index (χ0) is 15.2. The van der Waals surface area contributed by atoms with E-state index in [9.17, 15) is 4.79 Å². The lowest BCUT2D eigenvalue weighted by molar-refractivity contribution is 0.0298. The normalized spacial score (nSPS) is 12.1. The monoisotopic (exact) mass is 296 g/mol. The van der Waals surface area contributed by atoms with Gasteiger partial charge in [0, 0.05) is 6.54 Å². The molecule has 0 aliphatic heterocycles. The molecule has 1 aromatic heterocycles. The second-order valence-electron chi connectivity index (χ2n) is 5.17. The van der Waals surface area contributed by atoms with Crippen molar-refractivity contribution in [2.45, 2.75) is 26.4 Å². The van der Waals surface area contributed by atoms with Crippen molar-refractivity contribution in [1.29, 1.82) is 0 Å². The molecular formula is C14H20N2O3S. The lowest BCUT2D eigenvalue weighted by Crippen LogP contribution is -2.40. The van der Waals surface area contributed by atoms with Crippen LogP contribution < -0.4 is 0 Å². The van der Waals surface area contributed by atoms with Gasteiger partial charge in [0.15, 0.2) is 0 Å². The van der Waals surface area contributed by atoms with Crippen molar-refractivity contribution in [3.8, 4) is 0 Å². The molecule has 5 nitrogen and oxygen atoms in total. The molecule has 0 aromatic carbocycles. The molecule has 0 bridgehead atoms. The van der Waals surface area contributed by atoms with Crippen molar-refractivity contribution < 1.29 is 14.7 Å². The molecule has 0 fully saturated rings. The average molecular weight is 296 g/mol. The molecule has 0 atom stereocenters. The van der Waals surface area contributed by atoms with Gasteiger partial charge in [-0.15, -0.1) is 17.9 Å². The first-order chi connectivity index (χ1) is 9.37. The summed E-state index contributed by atoms with van der Waals surface area (Å²) in [6, 6.07) is 3.69. The van der Waals surface area contributed by atoms with Gasteiger partial charge < -0.3 is 9.94 Å². The van der Waals surface area contributed by atoms with Gasteiger partial charge in [0.2, 0.25) is 0 Å². The van der Waals surface area contributed by atoms with Gasteiger partial charge in [-0.2, -0.15) is 0 Å². The summed E-state index contributed by atoms with van der Waals surface area (Å²) in [5, 5.41) is 14.3. The molecule has 1 N–H and O–H groups in total. The third-order valence-corrected chi connectivity index (χ3v) is 3.19. The first-order valence-corrected chi connectivity index (χ1v) is 7.09. The summed E-state index contributed by atoms with van der Waals surface area (Å²) in [5.74, 6) is 0. The summed E-state index contributed by atoms with van der Waals surface area (Å²) in [6.45, 7) is 9.52. The summed E-state index contributed by atoms with van der Waals surface area (Å²) in [7, 11) is 0. The zero-order valence-corrected chi connectivity index (χ0v) is 12.8. The fourth-order valence-corrected chi connectivity index (χ4v) is 2.17. The number of hydrogen-bond acceptors (Lipinski definition) is 5. The van der Waals surface area contributed by atoms with Crippen LogP contribution in [0.4, 0.5) is 4.79 Å². The van der Waals surface area contributed by atoms with Crippen LogP contribution in [0.15, 0.2) is 35.3 Å². The number of ether oxygens (including phenoxy) is 1. The lowest BCUT2D eigenvalue weighted by atomic mass is 10.2. The zero-order valence-electron chi connectivity index (χ0n) is 12.0. The van der Waals surface area contributed by atoms with Crippen LogP contribution in [-0.2, 0) is 4.74 Å². The molecule has 1 heterocycles. The highest BCUT2D eigenvalue weighted by molar-refractivity contribution is 7.12. The predicted molar refractivity (Wildman–Crippen MR) is 80.6 cm³/mol. The van der Waals surface area contributed by atoms with Crippen LogP contribution >= 0.6 is 11.3 Å². The van der Waals surface area contributed by atoms with Gasteiger partial charge in [-0.25, -0.2) is 4.79 Å². The van der Waals surface area contributed by atoms with Gasteiger partial charge in [0.1, 0.15) is 11.3 Å². The SMILES string of the molecule is C=CCN(C/C(=N\O)c1cccs1)C(=O)OC(C)(C)C. The number of carbonyl (C=O) groups excluding carboxylic acids is 1. The molecule has 110 valence electrons. The molecule has 6 heteroatoms. The highest BCUT2D eigenvalue weighted by Crippen LogP contribution is 2.14. The van der Waals surface area contributed by atoms with E-state index in [0.717, 1.165) is 4.88 Å². The second kappa shape index (κ2) is 7.09.